The molecule has 0 bridgehead atoms. The summed E-state index contributed by atoms with van der Waals surface area (Å²) >= 11 is 3.45. The van der Waals surface area contributed by atoms with Gasteiger partial charge in [-0.25, -0.2) is 9.69 Å². The van der Waals surface area contributed by atoms with E-state index in [1.807, 2.05) is 61.5 Å². The highest BCUT2D eigenvalue weighted by atomic mass is 79.9. The molecule has 1 fully saturated rings. The van der Waals surface area contributed by atoms with Gasteiger partial charge >= 0.3 is 6.09 Å². The largest absolute Gasteiger partial charge is 0.443 e. The van der Waals surface area contributed by atoms with E-state index in [1.165, 1.54) is 4.90 Å². The Kier molecular flexibility index (Phi) is 5.17. The quantitative estimate of drug-likeness (QED) is 0.595. The molecule has 2 aromatic carbocycles. The van der Waals surface area contributed by atoms with Crippen LogP contribution in [0.15, 0.2) is 59.1 Å². The Bertz CT molecular complexity index is 842. The predicted molar refractivity (Wildman–Crippen MR) is 108 cm³/mol. The first-order valence-electron chi connectivity index (χ1n) is 9.08. The van der Waals surface area contributed by atoms with Crippen LogP contribution in [0.3, 0.4) is 0 Å². The van der Waals surface area contributed by atoms with Crippen molar-refractivity contribution in [3.05, 3.63) is 70.2 Å². The summed E-state index contributed by atoms with van der Waals surface area (Å²) in [5.41, 5.74) is 0.393. The van der Waals surface area contributed by atoms with Crippen molar-refractivity contribution in [2.24, 2.45) is 0 Å². The number of β-lactam (4-membered cyclic amide) rings is 1. The normalized spacial score (nSPS) is 22.3. The van der Waals surface area contributed by atoms with Crippen LogP contribution in [0.25, 0.3) is 0 Å². The number of nitrogens with zero attached hydrogens (tertiary/aromatic N) is 1. The van der Waals surface area contributed by atoms with Gasteiger partial charge in [-0.15, -0.1) is 0 Å². The first-order valence-corrected chi connectivity index (χ1v) is 9.87. The van der Waals surface area contributed by atoms with E-state index in [9.17, 15) is 9.59 Å². The van der Waals surface area contributed by atoms with Crippen molar-refractivity contribution in [3.63, 3.8) is 0 Å². The molecule has 1 heterocycles. The number of hydrogen-bond acceptors (Lipinski definition) is 3. The Morgan fingerprint density at radius 1 is 1.11 bits per heavy atom. The number of likely N-dealkylation sites (tertiary alicyclic amines) is 1. The summed E-state index contributed by atoms with van der Waals surface area (Å²) in [6.45, 7) is 7.39. The number of halogens is 1. The van der Waals surface area contributed by atoms with Crippen molar-refractivity contribution in [1.29, 1.82) is 0 Å². The van der Waals surface area contributed by atoms with Crippen LogP contribution in [-0.4, -0.2) is 22.5 Å². The molecule has 1 aliphatic rings. The number of carbonyl (C=O) groups is 2. The monoisotopic (exact) mass is 429 g/mol. The van der Waals surface area contributed by atoms with Crippen LogP contribution in [0.1, 0.15) is 51.3 Å². The lowest BCUT2D eigenvalue weighted by Crippen LogP contribution is -2.68. The summed E-state index contributed by atoms with van der Waals surface area (Å²) in [5.74, 6) is -0.210. The zero-order valence-electron chi connectivity index (χ0n) is 16.0. The third kappa shape index (κ3) is 3.41. The number of imide groups is 1. The smallest absolute Gasteiger partial charge is 0.417 e. The molecule has 0 aromatic heterocycles. The summed E-state index contributed by atoms with van der Waals surface area (Å²) in [7, 11) is 0. The van der Waals surface area contributed by atoms with Gasteiger partial charge in [-0.3, -0.25) is 4.79 Å². The van der Waals surface area contributed by atoms with Crippen LogP contribution in [0.5, 0.6) is 0 Å². The second kappa shape index (κ2) is 7.12. The molecule has 27 heavy (non-hydrogen) atoms. The number of carbonyl (C=O) groups excluding carboxylic acids is 2. The Morgan fingerprint density at radius 3 is 2.22 bits per heavy atom. The minimum Gasteiger partial charge on any atom is -0.443 e. The first kappa shape index (κ1) is 19.6. The summed E-state index contributed by atoms with van der Waals surface area (Å²) in [4.78, 5) is 27.4. The topological polar surface area (TPSA) is 46.6 Å². The summed E-state index contributed by atoms with van der Waals surface area (Å²) in [5, 5.41) is 0. The van der Waals surface area contributed by atoms with Crippen molar-refractivity contribution in [1.82, 2.24) is 4.90 Å². The van der Waals surface area contributed by atoms with E-state index in [1.54, 1.807) is 20.8 Å². The molecule has 2 amide bonds. The van der Waals surface area contributed by atoms with Crippen LogP contribution in [0.2, 0.25) is 0 Å². The maximum absolute atomic E-state index is 13.3. The molecule has 0 radical (unpaired) electrons. The molecular weight excluding hydrogens is 406 g/mol. The zero-order chi connectivity index (χ0) is 19.8. The van der Waals surface area contributed by atoms with Crippen LogP contribution >= 0.6 is 15.9 Å². The molecule has 2 aromatic rings. The number of benzene rings is 2. The Morgan fingerprint density at radius 2 is 1.70 bits per heavy atom. The van der Waals surface area contributed by atoms with E-state index in [0.717, 1.165) is 15.6 Å². The summed E-state index contributed by atoms with van der Waals surface area (Å²) in [6.07, 6.45) is -0.00370. The maximum Gasteiger partial charge on any atom is 0.417 e. The van der Waals surface area contributed by atoms with Gasteiger partial charge in [-0.2, -0.15) is 0 Å². The van der Waals surface area contributed by atoms with E-state index in [4.69, 9.17) is 4.74 Å². The molecular formula is C22H24BrNO3. The average molecular weight is 430 g/mol. The molecule has 5 heteroatoms. The van der Waals surface area contributed by atoms with E-state index in [-0.39, 0.29) is 5.91 Å². The fraction of sp³-hybridized carbons (Fsp3) is 0.364. The third-order valence-corrected chi connectivity index (χ3v) is 5.48. The lowest BCUT2D eigenvalue weighted by molar-refractivity contribution is -0.159. The van der Waals surface area contributed by atoms with Gasteiger partial charge in [0.2, 0.25) is 5.91 Å². The lowest BCUT2D eigenvalue weighted by atomic mass is 9.62. The second-order valence-corrected chi connectivity index (χ2v) is 8.72. The molecule has 0 N–H and O–H groups in total. The highest BCUT2D eigenvalue weighted by Gasteiger charge is 2.64. The van der Waals surface area contributed by atoms with Gasteiger partial charge in [0, 0.05) is 4.47 Å². The zero-order valence-corrected chi connectivity index (χ0v) is 17.6. The fourth-order valence-electron chi connectivity index (χ4n) is 3.75. The molecule has 4 nitrogen and oxygen atoms in total. The molecule has 142 valence electrons. The first-order chi connectivity index (χ1) is 12.7. The standard InChI is InChI=1S/C22H24BrNO3/c1-5-22(16-9-7-6-8-10-16)18(15-11-13-17(23)14-12-15)24(19(22)25)20(26)27-21(2,3)4/h6-14,18H,5H2,1-4H3/t18-,22+/m1/s1. The third-order valence-electron chi connectivity index (χ3n) is 4.95. The molecule has 1 aliphatic heterocycles. The van der Waals surface area contributed by atoms with Gasteiger partial charge < -0.3 is 4.74 Å². The molecule has 0 spiro atoms. The Hall–Kier alpha value is -2.14. The van der Waals surface area contributed by atoms with Crippen molar-refractivity contribution in [2.45, 2.75) is 51.2 Å². The van der Waals surface area contributed by atoms with E-state index in [0.29, 0.717) is 6.42 Å². The molecule has 0 aliphatic carbocycles. The number of amides is 2. The fourth-order valence-corrected chi connectivity index (χ4v) is 4.01. The van der Waals surface area contributed by atoms with Gasteiger partial charge in [-0.1, -0.05) is 65.3 Å². The molecule has 2 atom stereocenters. The molecule has 0 saturated carbocycles. The Labute approximate surface area is 168 Å². The van der Waals surface area contributed by atoms with Gasteiger partial charge in [0.25, 0.3) is 0 Å². The van der Waals surface area contributed by atoms with Crippen molar-refractivity contribution in [2.75, 3.05) is 0 Å². The minimum atomic E-state index is -0.772. The van der Waals surface area contributed by atoms with E-state index in [2.05, 4.69) is 15.9 Å². The van der Waals surface area contributed by atoms with Gasteiger partial charge in [0.1, 0.15) is 5.60 Å². The van der Waals surface area contributed by atoms with Crippen molar-refractivity contribution < 1.29 is 14.3 Å². The highest BCUT2D eigenvalue weighted by molar-refractivity contribution is 9.10. The van der Waals surface area contributed by atoms with Crippen LogP contribution < -0.4 is 0 Å². The summed E-state index contributed by atoms with van der Waals surface area (Å²) in [6, 6.07) is 17.0. The van der Waals surface area contributed by atoms with Crippen LogP contribution in [-0.2, 0) is 14.9 Å². The van der Waals surface area contributed by atoms with Crippen molar-refractivity contribution in [3.8, 4) is 0 Å². The molecule has 3 rings (SSSR count). The summed E-state index contributed by atoms with van der Waals surface area (Å²) < 4.78 is 6.46. The average Bonchev–Trinajstić information content (AvgIpc) is 2.61. The number of hydrogen-bond donors (Lipinski definition) is 0. The maximum atomic E-state index is 13.3. The SMILES string of the molecule is CC[C@@]1(c2ccccc2)C(=O)N(C(=O)OC(C)(C)C)[C@@H]1c1ccc(Br)cc1. The lowest BCUT2D eigenvalue weighted by Gasteiger charge is -2.54. The van der Waals surface area contributed by atoms with E-state index >= 15 is 0 Å². The molecule has 1 saturated heterocycles. The Balaban J connectivity index is 2.09. The number of rotatable bonds is 3. The second-order valence-electron chi connectivity index (χ2n) is 7.80. The van der Waals surface area contributed by atoms with Gasteiger partial charge in [0.05, 0.1) is 11.5 Å². The minimum absolute atomic E-state index is 0.210. The van der Waals surface area contributed by atoms with Crippen molar-refractivity contribution >= 4 is 27.9 Å². The van der Waals surface area contributed by atoms with Crippen LogP contribution in [0.4, 0.5) is 4.79 Å². The number of ether oxygens (including phenoxy) is 1. The van der Waals surface area contributed by atoms with E-state index < -0.39 is 23.2 Å². The predicted octanol–water partition coefficient (Wildman–Crippen LogP) is 5.62. The van der Waals surface area contributed by atoms with Crippen LogP contribution in [0, 0.1) is 0 Å². The molecule has 0 unspecified atom stereocenters. The highest BCUT2D eigenvalue weighted by Crippen LogP contribution is 2.54. The van der Waals surface area contributed by atoms with Gasteiger partial charge in [0.15, 0.2) is 0 Å². The van der Waals surface area contributed by atoms with Gasteiger partial charge in [-0.05, 0) is 50.5 Å².